The van der Waals surface area contributed by atoms with E-state index in [0.717, 1.165) is 6.42 Å². The zero-order valence-corrected chi connectivity index (χ0v) is 12.6. The normalized spacial score (nSPS) is 10.3. The number of nitrogens with zero attached hydrogens (tertiary/aromatic N) is 1. The van der Waals surface area contributed by atoms with Crippen LogP contribution in [0.15, 0.2) is 12.1 Å². The van der Waals surface area contributed by atoms with E-state index in [0.29, 0.717) is 27.4 Å². The van der Waals surface area contributed by atoms with Gasteiger partial charge in [-0.25, -0.2) is 4.79 Å². The Bertz CT molecular complexity index is 431. The highest BCUT2D eigenvalue weighted by atomic mass is 35.5. The van der Waals surface area contributed by atoms with Crippen molar-refractivity contribution in [3.05, 3.63) is 27.2 Å². The summed E-state index contributed by atoms with van der Waals surface area (Å²) in [4.78, 5) is 12.2. The van der Waals surface area contributed by atoms with Gasteiger partial charge >= 0.3 is 6.09 Å². The van der Waals surface area contributed by atoms with Crippen molar-refractivity contribution in [1.29, 1.82) is 0 Å². The predicted octanol–water partition coefficient (Wildman–Crippen LogP) is 4.42. The lowest BCUT2D eigenvalue weighted by molar-refractivity contribution is 0.135. The predicted molar refractivity (Wildman–Crippen MR) is 76.9 cm³/mol. The molecule has 7 heteroatoms. The second-order valence-corrected chi connectivity index (χ2v) is 5.07. The average molecular weight is 327 g/mol. The highest BCUT2D eigenvalue weighted by Gasteiger charge is 2.12. The standard InChI is InChI=1S/C12H14Cl3NO3/c1-2-3-16(12(17)18)4-5-19-11-9(14)6-8(13)7-10(11)15/h6-7H,2-5H2,1H3,(H,17,18). The third-order valence-corrected chi connectivity index (χ3v) is 3.11. The molecule has 1 amide bonds. The van der Waals surface area contributed by atoms with Crippen molar-refractivity contribution in [2.75, 3.05) is 19.7 Å². The quantitative estimate of drug-likeness (QED) is 0.842. The first-order valence-corrected chi connectivity index (χ1v) is 6.84. The van der Waals surface area contributed by atoms with E-state index in [1.165, 1.54) is 17.0 Å². The molecule has 0 saturated carbocycles. The van der Waals surface area contributed by atoms with Crippen LogP contribution in [0.25, 0.3) is 0 Å². The number of carbonyl (C=O) groups is 1. The molecule has 106 valence electrons. The number of halogens is 3. The van der Waals surface area contributed by atoms with Crippen molar-refractivity contribution in [3.8, 4) is 5.75 Å². The molecule has 0 heterocycles. The smallest absolute Gasteiger partial charge is 0.407 e. The van der Waals surface area contributed by atoms with Crippen LogP contribution in [0.4, 0.5) is 4.79 Å². The van der Waals surface area contributed by atoms with E-state index in [2.05, 4.69) is 0 Å². The molecule has 0 radical (unpaired) electrons. The number of hydrogen-bond acceptors (Lipinski definition) is 2. The molecule has 0 aliphatic heterocycles. The fourth-order valence-corrected chi connectivity index (χ4v) is 2.42. The lowest BCUT2D eigenvalue weighted by Crippen LogP contribution is -2.34. The fraction of sp³-hybridized carbons (Fsp3) is 0.417. The minimum atomic E-state index is -0.973. The monoisotopic (exact) mass is 325 g/mol. The zero-order valence-electron chi connectivity index (χ0n) is 10.3. The van der Waals surface area contributed by atoms with Crippen LogP contribution in [0.5, 0.6) is 5.75 Å². The summed E-state index contributed by atoms with van der Waals surface area (Å²) in [6.45, 7) is 2.79. The Morgan fingerprint density at radius 1 is 1.26 bits per heavy atom. The molecule has 4 nitrogen and oxygen atoms in total. The number of hydrogen-bond donors (Lipinski definition) is 1. The van der Waals surface area contributed by atoms with Gasteiger partial charge in [0.15, 0.2) is 5.75 Å². The van der Waals surface area contributed by atoms with Gasteiger partial charge in [-0.15, -0.1) is 0 Å². The molecule has 0 bridgehead atoms. The van der Waals surface area contributed by atoms with Gasteiger partial charge in [0.2, 0.25) is 0 Å². The van der Waals surface area contributed by atoms with Crippen LogP contribution < -0.4 is 4.74 Å². The number of rotatable bonds is 6. The number of benzene rings is 1. The third-order valence-electron chi connectivity index (χ3n) is 2.33. The van der Waals surface area contributed by atoms with Gasteiger partial charge in [-0.1, -0.05) is 41.7 Å². The Balaban J connectivity index is 2.60. The van der Waals surface area contributed by atoms with E-state index in [1.807, 2.05) is 6.92 Å². The van der Waals surface area contributed by atoms with Crippen LogP contribution >= 0.6 is 34.8 Å². The summed E-state index contributed by atoms with van der Waals surface area (Å²) < 4.78 is 5.42. The first-order chi connectivity index (χ1) is 8.95. The molecule has 1 rings (SSSR count). The molecular formula is C12H14Cl3NO3. The van der Waals surface area contributed by atoms with Gasteiger partial charge in [-0.3, -0.25) is 0 Å². The summed E-state index contributed by atoms with van der Waals surface area (Å²) in [5.74, 6) is 0.314. The Morgan fingerprint density at radius 2 is 1.84 bits per heavy atom. The number of carboxylic acid groups (broad SMARTS) is 1. The maximum atomic E-state index is 10.9. The van der Waals surface area contributed by atoms with Crippen LogP contribution in [0.1, 0.15) is 13.3 Å². The summed E-state index contributed by atoms with van der Waals surface area (Å²) in [7, 11) is 0. The molecule has 1 aromatic carbocycles. The summed E-state index contributed by atoms with van der Waals surface area (Å²) in [6.07, 6.45) is -0.229. The molecule has 0 fully saturated rings. The topological polar surface area (TPSA) is 49.8 Å². The lowest BCUT2D eigenvalue weighted by Gasteiger charge is -2.19. The van der Waals surface area contributed by atoms with Crippen LogP contribution in [-0.2, 0) is 0 Å². The van der Waals surface area contributed by atoms with Gasteiger partial charge in [0.1, 0.15) is 6.61 Å². The molecule has 0 aromatic heterocycles. The first kappa shape index (κ1) is 16.2. The summed E-state index contributed by atoms with van der Waals surface area (Å²) in [5, 5.41) is 9.97. The molecule has 19 heavy (non-hydrogen) atoms. The maximum Gasteiger partial charge on any atom is 0.407 e. The van der Waals surface area contributed by atoms with Gasteiger partial charge in [0.25, 0.3) is 0 Å². The summed E-state index contributed by atoms with van der Waals surface area (Å²) in [6, 6.07) is 3.04. The van der Waals surface area contributed by atoms with E-state index >= 15 is 0 Å². The van der Waals surface area contributed by atoms with E-state index in [1.54, 1.807) is 0 Å². The van der Waals surface area contributed by atoms with Crippen LogP contribution in [0.2, 0.25) is 15.1 Å². The Morgan fingerprint density at radius 3 is 2.32 bits per heavy atom. The van der Waals surface area contributed by atoms with Gasteiger partial charge < -0.3 is 14.7 Å². The highest BCUT2D eigenvalue weighted by Crippen LogP contribution is 2.35. The molecule has 0 atom stereocenters. The Labute approximate surface area is 126 Å². The minimum absolute atomic E-state index is 0.174. The van der Waals surface area contributed by atoms with Gasteiger partial charge in [-0.05, 0) is 18.6 Å². The van der Waals surface area contributed by atoms with Gasteiger partial charge in [0, 0.05) is 11.6 Å². The average Bonchev–Trinajstić information content (AvgIpc) is 2.30. The second kappa shape index (κ2) is 7.68. The SMILES string of the molecule is CCCN(CCOc1c(Cl)cc(Cl)cc1Cl)C(=O)O. The van der Waals surface area contributed by atoms with E-state index < -0.39 is 6.09 Å². The number of amides is 1. The van der Waals surface area contributed by atoms with Crippen molar-refractivity contribution < 1.29 is 14.6 Å². The fourth-order valence-electron chi connectivity index (χ4n) is 1.50. The molecule has 0 aliphatic rings. The molecule has 1 N–H and O–H groups in total. The van der Waals surface area contributed by atoms with Crippen molar-refractivity contribution in [2.45, 2.75) is 13.3 Å². The minimum Gasteiger partial charge on any atom is -0.489 e. The van der Waals surface area contributed by atoms with Crippen molar-refractivity contribution in [1.82, 2.24) is 4.90 Å². The van der Waals surface area contributed by atoms with Crippen molar-refractivity contribution >= 4 is 40.9 Å². The van der Waals surface area contributed by atoms with Crippen molar-refractivity contribution in [3.63, 3.8) is 0 Å². The molecule has 1 aromatic rings. The Hall–Kier alpha value is -0.840. The van der Waals surface area contributed by atoms with E-state index in [9.17, 15) is 4.79 Å². The number of ether oxygens (including phenoxy) is 1. The van der Waals surface area contributed by atoms with E-state index in [-0.39, 0.29) is 13.2 Å². The highest BCUT2D eigenvalue weighted by molar-refractivity contribution is 6.40. The zero-order chi connectivity index (χ0) is 14.4. The largest absolute Gasteiger partial charge is 0.489 e. The van der Waals surface area contributed by atoms with Crippen LogP contribution in [0.3, 0.4) is 0 Å². The Kier molecular flexibility index (Phi) is 6.55. The molecule has 0 unspecified atom stereocenters. The first-order valence-electron chi connectivity index (χ1n) is 5.71. The summed E-state index contributed by atoms with van der Waals surface area (Å²) >= 11 is 17.7. The van der Waals surface area contributed by atoms with E-state index in [4.69, 9.17) is 44.6 Å². The van der Waals surface area contributed by atoms with Crippen LogP contribution in [-0.4, -0.2) is 35.8 Å². The molecule has 0 aliphatic carbocycles. The lowest BCUT2D eigenvalue weighted by atomic mass is 10.3. The molecule has 0 spiro atoms. The van der Waals surface area contributed by atoms with Crippen molar-refractivity contribution in [2.24, 2.45) is 0 Å². The van der Waals surface area contributed by atoms with Gasteiger partial charge in [0.05, 0.1) is 16.6 Å². The summed E-state index contributed by atoms with van der Waals surface area (Å²) in [5.41, 5.74) is 0. The van der Waals surface area contributed by atoms with Gasteiger partial charge in [-0.2, -0.15) is 0 Å². The molecular weight excluding hydrogens is 312 g/mol. The third kappa shape index (κ3) is 4.97. The van der Waals surface area contributed by atoms with Crippen LogP contribution in [0, 0.1) is 0 Å². The molecule has 0 saturated heterocycles. The maximum absolute atomic E-state index is 10.9. The second-order valence-electron chi connectivity index (χ2n) is 3.82.